The Morgan fingerprint density at radius 3 is 2.67 bits per heavy atom. The smallest absolute Gasteiger partial charge is 0.219 e. The predicted molar refractivity (Wildman–Crippen MR) is 77.4 cm³/mol. The summed E-state index contributed by atoms with van der Waals surface area (Å²) in [4.78, 5) is 10.9. The molecule has 0 saturated carbocycles. The van der Waals surface area contributed by atoms with Crippen LogP contribution in [0.5, 0.6) is 0 Å². The minimum atomic E-state index is -1.21. The van der Waals surface area contributed by atoms with Gasteiger partial charge in [-0.15, -0.1) is 0 Å². The van der Waals surface area contributed by atoms with Crippen LogP contribution in [0.1, 0.15) is 20.3 Å². The van der Waals surface area contributed by atoms with Gasteiger partial charge in [-0.25, -0.2) is 4.39 Å². The van der Waals surface area contributed by atoms with Crippen LogP contribution in [0.2, 0.25) is 0 Å². The van der Waals surface area contributed by atoms with E-state index in [0.29, 0.717) is 39.4 Å². The molecule has 1 amide bonds. The van der Waals surface area contributed by atoms with Crippen molar-refractivity contribution in [3.8, 4) is 0 Å². The van der Waals surface area contributed by atoms with E-state index in [2.05, 4.69) is 10.7 Å². The zero-order chi connectivity index (χ0) is 15.9. The van der Waals surface area contributed by atoms with Crippen molar-refractivity contribution in [3.05, 3.63) is 0 Å². The number of carbonyl (C=O) groups is 1. The highest BCUT2D eigenvalue weighted by Gasteiger charge is 2.09. The molecule has 0 rings (SSSR count). The lowest BCUT2D eigenvalue weighted by Gasteiger charge is -2.15. The van der Waals surface area contributed by atoms with Gasteiger partial charge >= 0.3 is 0 Å². The Balaban J connectivity index is 3.39. The molecule has 126 valence electrons. The van der Waals surface area contributed by atoms with Crippen molar-refractivity contribution in [3.63, 3.8) is 0 Å². The third kappa shape index (κ3) is 13.9. The molecule has 21 heavy (non-hydrogen) atoms. The number of nitrogens with one attached hydrogen (secondary N) is 2. The standard InChI is InChI=1S/C13H28FN3O4/c1-3-13(18)16-8-12(14)10-20-9-11(2)21-7-6-19-5-4-17-15/h11-12,17H,3-10,15H2,1-2H3,(H,16,18). The summed E-state index contributed by atoms with van der Waals surface area (Å²) in [5, 5.41) is 2.47. The summed E-state index contributed by atoms with van der Waals surface area (Å²) >= 11 is 0. The van der Waals surface area contributed by atoms with E-state index in [1.807, 2.05) is 6.92 Å². The van der Waals surface area contributed by atoms with Crippen LogP contribution in [0.4, 0.5) is 4.39 Å². The number of amides is 1. The second-order valence-electron chi connectivity index (χ2n) is 4.54. The first kappa shape index (κ1) is 20.2. The number of hydrazine groups is 1. The summed E-state index contributed by atoms with van der Waals surface area (Å²) in [5.41, 5.74) is 2.48. The van der Waals surface area contributed by atoms with Crippen LogP contribution < -0.4 is 16.6 Å². The molecule has 8 heteroatoms. The van der Waals surface area contributed by atoms with Crippen LogP contribution in [-0.4, -0.2) is 64.3 Å². The molecule has 0 heterocycles. The van der Waals surface area contributed by atoms with Crippen molar-refractivity contribution in [2.45, 2.75) is 32.5 Å². The van der Waals surface area contributed by atoms with Crippen molar-refractivity contribution < 1.29 is 23.4 Å². The molecule has 7 nitrogen and oxygen atoms in total. The van der Waals surface area contributed by atoms with Gasteiger partial charge in [0.25, 0.3) is 0 Å². The normalized spacial score (nSPS) is 13.9. The third-order valence-electron chi connectivity index (χ3n) is 2.51. The van der Waals surface area contributed by atoms with E-state index < -0.39 is 6.17 Å². The molecule has 0 aliphatic rings. The Morgan fingerprint density at radius 2 is 2.00 bits per heavy atom. The Hall–Kier alpha value is -0.800. The first-order valence-electron chi connectivity index (χ1n) is 7.21. The van der Waals surface area contributed by atoms with Gasteiger partial charge in [0.15, 0.2) is 0 Å². The summed E-state index contributed by atoms with van der Waals surface area (Å²) < 4.78 is 29.2. The molecular formula is C13H28FN3O4. The highest BCUT2D eigenvalue weighted by molar-refractivity contribution is 5.75. The maximum absolute atomic E-state index is 13.4. The Bertz CT molecular complexity index is 260. The number of carbonyl (C=O) groups excluding carboxylic acids is 1. The van der Waals surface area contributed by atoms with E-state index >= 15 is 0 Å². The fourth-order valence-electron chi connectivity index (χ4n) is 1.36. The molecule has 0 spiro atoms. The molecule has 0 saturated heterocycles. The van der Waals surface area contributed by atoms with Gasteiger partial charge in [-0.3, -0.25) is 16.1 Å². The van der Waals surface area contributed by atoms with E-state index in [1.165, 1.54) is 0 Å². The molecule has 2 unspecified atom stereocenters. The van der Waals surface area contributed by atoms with Crippen molar-refractivity contribution in [1.82, 2.24) is 10.7 Å². The second kappa shape index (κ2) is 14.2. The van der Waals surface area contributed by atoms with Crippen LogP contribution >= 0.6 is 0 Å². The zero-order valence-corrected chi connectivity index (χ0v) is 12.9. The van der Waals surface area contributed by atoms with Gasteiger partial charge in [-0.2, -0.15) is 0 Å². The lowest BCUT2D eigenvalue weighted by atomic mass is 10.3. The maximum Gasteiger partial charge on any atom is 0.219 e. The van der Waals surface area contributed by atoms with E-state index in [9.17, 15) is 9.18 Å². The molecule has 0 aliphatic carbocycles. The molecule has 4 N–H and O–H groups in total. The highest BCUT2D eigenvalue weighted by Crippen LogP contribution is 1.96. The zero-order valence-electron chi connectivity index (χ0n) is 12.9. The average Bonchev–Trinajstić information content (AvgIpc) is 2.48. The lowest BCUT2D eigenvalue weighted by molar-refractivity contribution is -0.121. The van der Waals surface area contributed by atoms with Gasteiger partial charge in [-0.1, -0.05) is 6.92 Å². The molecular weight excluding hydrogens is 281 g/mol. The highest BCUT2D eigenvalue weighted by atomic mass is 19.1. The summed E-state index contributed by atoms with van der Waals surface area (Å²) in [6.45, 7) is 5.81. The molecule has 2 atom stereocenters. The van der Waals surface area contributed by atoms with Crippen molar-refractivity contribution in [1.29, 1.82) is 0 Å². The van der Waals surface area contributed by atoms with Gasteiger partial charge in [-0.05, 0) is 6.92 Å². The molecule has 0 aromatic heterocycles. The van der Waals surface area contributed by atoms with Crippen molar-refractivity contribution >= 4 is 5.91 Å². The third-order valence-corrected chi connectivity index (χ3v) is 2.51. The van der Waals surface area contributed by atoms with Crippen LogP contribution in [0.25, 0.3) is 0 Å². The summed E-state index contributed by atoms with van der Waals surface area (Å²) in [6.07, 6.45) is -1.000. The maximum atomic E-state index is 13.4. The SMILES string of the molecule is CCC(=O)NCC(F)COCC(C)OCCOCCNN. The van der Waals surface area contributed by atoms with E-state index in [-0.39, 0.29) is 25.2 Å². The van der Waals surface area contributed by atoms with Gasteiger partial charge in [0.2, 0.25) is 5.91 Å². The first-order chi connectivity index (χ1) is 10.1. The predicted octanol–water partition coefficient (Wildman–Crippen LogP) is -0.248. The Labute approximate surface area is 125 Å². The first-order valence-corrected chi connectivity index (χ1v) is 7.21. The number of hydrogen-bond donors (Lipinski definition) is 3. The second-order valence-corrected chi connectivity index (χ2v) is 4.54. The number of ether oxygens (including phenoxy) is 3. The Morgan fingerprint density at radius 1 is 1.24 bits per heavy atom. The van der Waals surface area contributed by atoms with Crippen molar-refractivity contribution in [2.24, 2.45) is 5.84 Å². The average molecular weight is 309 g/mol. The summed E-state index contributed by atoms with van der Waals surface area (Å²) in [6, 6.07) is 0. The van der Waals surface area contributed by atoms with Crippen LogP contribution in [0.15, 0.2) is 0 Å². The van der Waals surface area contributed by atoms with Crippen LogP contribution in [-0.2, 0) is 19.0 Å². The molecule has 0 radical (unpaired) electrons. The molecule has 0 fully saturated rings. The van der Waals surface area contributed by atoms with Crippen LogP contribution in [0.3, 0.4) is 0 Å². The number of alkyl halides is 1. The van der Waals surface area contributed by atoms with Gasteiger partial charge in [0.1, 0.15) is 6.17 Å². The van der Waals surface area contributed by atoms with E-state index in [4.69, 9.17) is 20.1 Å². The summed E-state index contributed by atoms with van der Waals surface area (Å²) in [7, 11) is 0. The minimum Gasteiger partial charge on any atom is -0.378 e. The number of rotatable bonds is 14. The minimum absolute atomic E-state index is 0.0229. The fraction of sp³-hybridized carbons (Fsp3) is 0.923. The monoisotopic (exact) mass is 309 g/mol. The topological polar surface area (TPSA) is 94.8 Å². The molecule has 0 bridgehead atoms. The van der Waals surface area contributed by atoms with Crippen LogP contribution in [0, 0.1) is 0 Å². The fourth-order valence-corrected chi connectivity index (χ4v) is 1.36. The van der Waals surface area contributed by atoms with E-state index in [1.54, 1.807) is 6.92 Å². The number of nitrogens with two attached hydrogens (primary N) is 1. The number of hydrogen-bond acceptors (Lipinski definition) is 6. The molecule has 0 aromatic rings. The molecule has 0 aromatic carbocycles. The van der Waals surface area contributed by atoms with Crippen molar-refractivity contribution in [2.75, 3.05) is 46.1 Å². The largest absolute Gasteiger partial charge is 0.378 e. The molecule has 0 aliphatic heterocycles. The lowest BCUT2D eigenvalue weighted by Crippen LogP contribution is -2.32. The van der Waals surface area contributed by atoms with E-state index in [0.717, 1.165) is 0 Å². The Kier molecular flexibility index (Phi) is 13.6. The quantitative estimate of drug-likeness (QED) is 0.233. The van der Waals surface area contributed by atoms with Gasteiger partial charge in [0, 0.05) is 13.0 Å². The number of halogens is 1. The van der Waals surface area contributed by atoms with Gasteiger partial charge in [0.05, 0.1) is 45.7 Å². The summed E-state index contributed by atoms with van der Waals surface area (Å²) in [5.74, 6) is 4.92. The van der Waals surface area contributed by atoms with Gasteiger partial charge < -0.3 is 19.5 Å².